The fraction of sp³-hybridized carbons (Fsp3) is 0.321. The van der Waals surface area contributed by atoms with Crippen LogP contribution in [0.1, 0.15) is 60.3 Å². The number of amides is 1. The molecule has 0 spiro atoms. The number of benzene rings is 3. The van der Waals surface area contributed by atoms with Crippen LogP contribution >= 0.6 is 0 Å². The fourth-order valence-electron chi connectivity index (χ4n) is 5.35. The Balaban J connectivity index is 1.63. The standard InChI is InChI=1S/C28H28F2N2O2/c1-2-13-34-28(33)31-22-16-25-23(18-5-3-7-20(29)14-18)9-11-32-12-10-24(26(17-22)27(25)32)19-6-4-8-21(30)15-19/h3-8,14-17,23-24H,2,9-13H2,1H3,(H,31,33). The van der Waals surface area contributed by atoms with Crippen LogP contribution in [0.25, 0.3) is 0 Å². The molecule has 0 aliphatic carbocycles. The molecule has 0 radical (unpaired) electrons. The van der Waals surface area contributed by atoms with Crippen LogP contribution in [-0.4, -0.2) is 25.8 Å². The molecule has 0 bridgehead atoms. The number of carbonyl (C=O) groups is 1. The van der Waals surface area contributed by atoms with Crippen molar-refractivity contribution in [3.63, 3.8) is 0 Å². The number of rotatable bonds is 5. The first-order chi connectivity index (χ1) is 16.5. The molecule has 0 fully saturated rings. The van der Waals surface area contributed by atoms with Gasteiger partial charge in [-0.1, -0.05) is 31.2 Å². The third-order valence-electron chi connectivity index (χ3n) is 6.80. The maximum atomic E-state index is 14.1. The van der Waals surface area contributed by atoms with Crippen molar-refractivity contribution in [2.45, 2.75) is 38.0 Å². The van der Waals surface area contributed by atoms with Gasteiger partial charge in [-0.15, -0.1) is 0 Å². The summed E-state index contributed by atoms with van der Waals surface area (Å²) in [6.45, 7) is 4.01. The van der Waals surface area contributed by atoms with Gasteiger partial charge in [-0.2, -0.15) is 0 Å². The highest BCUT2D eigenvalue weighted by atomic mass is 19.1. The number of hydrogen-bond acceptors (Lipinski definition) is 3. The van der Waals surface area contributed by atoms with Crippen molar-refractivity contribution in [2.75, 3.05) is 29.9 Å². The van der Waals surface area contributed by atoms with Gasteiger partial charge in [0.2, 0.25) is 0 Å². The monoisotopic (exact) mass is 462 g/mol. The van der Waals surface area contributed by atoms with Gasteiger partial charge in [0.15, 0.2) is 0 Å². The first-order valence-corrected chi connectivity index (χ1v) is 11.9. The summed E-state index contributed by atoms with van der Waals surface area (Å²) >= 11 is 0. The molecule has 2 aliphatic heterocycles. The summed E-state index contributed by atoms with van der Waals surface area (Å²) in [6, 6.07) is 17.5. The van der Waals surface area contributed by atoms with E-state index in [9.17, 15) is 13.6 Å². The minimum atomic E-state index is -0.498. The topological polar surface area (TPSA) is 41.6 Å². The molecule has 34 heavy (non-hydrogen) atoms. The van der Waals surface area contributed by atoms with Crippen molar-refractivity contribution in [3.05, 3.63) is 94.6 Å². The van der Waals surface area contributed by atoms with Gasteiger partial charge in [0.05, 0.1) is 6.61 Å². The number of hydrogen-bond donors (Lipinski definition) is 1. The molecule has 2 aliphatic rings. The highest BCUT2D eigenvalue weighted by Gasteiger charge is 2.35. The summed E-state index contributed by atoms with van der Waals surface area (Å²) in [4.78, 5) is 14.7. The number of nitrogens with zero attached hydrogens (tertiary/aromatic N) is 1. The highest BCUT2D eigenvalue weighted by Crippen LogP contribution is 2.49. The number of carbonyl (C=O) groups excluding carboxylic acids is 1. The quantitative estimate of drug-likeness (QED) is 0.453. The van der Waals surface area contributed by atoms with Crippen molar-refractivity contribution in [3.8, 4) is 0 Å². The lowest BCUT2D eigenvalue weighted by atomic mass is 9.76. The van der Waals surface area contributed by atoms with E-state index in [0.29, 0.717) is 12.3 Å². The summed E-state index contributed by atoms with van der Waals surface area (Å²) < 4.78 is 33.4. The SMILES string of the molecule is CCCOC(=O)Nc1cc2c3c(c1)C(c1cccc(F)c1)CCN3CCC2c1cccc(F)c1. The molecule has 5 rings (SSSR count). The first kappa shape index (κ1) is 22.4. The number of ether oxygens (including phenoxy) is 1. The van der Waals surface area contributed by atoms with E-state index >= 15 is 0 Å². The molecule has 0 saturated heterocycles. The third-order valence-corrected chi connectivity index (χ3v) is 6.80. The molecule has 0 aromatic heterocycles. The van der Waals surface area contributed by atoms with Crippen LogP contribution in [0.2, 0.25) is 0 Å². The van der Waals surface area contributed by atoms with E-state index in [0.717, 1.165) is 60.3 Å². The lowest BCUT2D eigenvalue weighted by molar-refractivity contribution is 0.161. The lowest BCUT2D eigenvalue weighted by Gasteiger charge is -2.43. The van der Waals surface area contributed by atoms with Crippen molar-refractivity contribution in [2.24, 2.45) is 0 Å². The van der Waals surface area contributed by atoms with Gasteiger partial charge >= 0.3 is 6.09 Å². The summed E-state index contributed by atoms with van der Waals surface area (Å²) in [5, 5.41) is 2.88. The molecule has 3 aromatic rings. The minimum absolute atomic E-state index is 0.000344. The Kier molecular flexibility index (Phi) is 6.22. The molecular formula is C28H28F2N2O2. The third kappa shape index (κ3) is 4.37. The zero-order chi connectivity index (χ0) is 23.7. The van der Waals surface area contributed by atoms with Gasteiger partial charge in [-0.05, 0) is 77.9 Å². The number of anilines is 2. The van der Waals surface area contributed by atoms with E-state index in [4.69, 9.17) is 4.74 Å². The average Bonchev–Trinajstić information content (AvgIpc) is 2.83. The van der Waals surface area contributed by atoms with Crippen LogP contribution in [0.5, 0.6) is 0 Å². The number of nitrogens with one attached hydrogen (secondary N) is 1. The van der Waals surface area contributed by atoms with Crippen LogP contribution in [0, 0.1) is 11.6 Å². The molecule has 2 unspecified atom stereocenters. The fourth-order valence-corrected chi connectivity index (χ4v) is 5.35. The predicted molar refractivity (Wildman–Crippen MR) is 130 cm³/mol. The van der Waals surface area contributed by atoms with E-state index in [-0.39, 0.29) is 23.5 Å². The predicted octanol–water partition coefficient (Wildman–Crippen LogP) is 6.80. The Bertz CT molecular complexity index is 1130. The Morgan fingerprint density at radius 2 is 1.50 bits per heavy atom. The van der Waals surface area contributed by atoms with Gasteiger partial charge in [-0.3, -0.25) is 5.32 Å². The zero-order valence-corrected chi connectivity index (χ0v) is 19.2. The molecule has 1 N–H and O–H groups in total. The number of halogens is 2. The van der Waals surface area contributed by atoms with Crippen LogP contribution < -0.4 is 10.2 Å². The van der Waals surface area contributed by atoms with Crippen molar-refractivity contribution in [1.29, 1.82) is 0 Å². The molecule has 2 atom stereocenters. The Labute approximate surface area is 198 Å². The first-order valence-electron chi connectivity index (χ1n) is 11.9. The Morgan fingerprint density at radius 1 is 0.941 bits per heavy atom. The summed E-state index contributed by atoms with van der Waals surface area (Å²) in [5.74, 6) is -0.520. The summed E-state index contributed by atoms with van der Waals surface area (Å²) in [6.07, 6.45) is 1.94. The van der Waals surface area contributed by atoms with Crippen LogP contribution in [0.15, 0.2) is 60.7 Å². The van der Waals surface area contributed by atoms with Gasteiger partial charge in [0, 0.05) is 36.3 Å². The van der Waals surface area contributed by atoms with Gasteiger partial charge in [0.1, 0.15) is 11.6 Å². The molecule has 3 aromatic carbocycles. The molecule has 176 valence electrons. The molecule has 4 nitrogen and oxygen atoms in total. The Morgan fingerprint density at radius 3 is 2.00 bits per heavy atom. The molecule has 2 heterocycles. The second-order valence-electron chi connectivity index (χ2n) is 9.04. The average molecular weight is 463 g/mol. The van der Waals surface area contributed by atoms with Gasteiger partial charge in [0.25, 0.3) is 0 Å². The second kappa shape index (κ2) is 9.45. The lowest BCUT2D eigenvalue weighted by Crippen LogP contribution is -2.37. The molecular weight excluding hydrogens is 434 g/mol. The van der Waals surface area contributed by atoms with Gasteiger partial charge in [-0.25, -0.2) is 13.6 Å². The summed E-state index contributed by atoms with van der Waals surface area (Å²) in [7, 11) is 0. The van der Waals surface area contributed by atoms with Crippen molar-refractivity contribution >= 4 is 17.5 Å². The maximum Gasteiger partial charge on any atom is 0.411 e. The van der Waals surface area contributed by atoms with E-state index in [1.165, 1.54) is 12.1 Å². The largest absolute Gasteiger partial charge is 0.449 e. The molecule has 1 amide bonds. The smallest absolute Gasteiger partial charge is 0.411 e. The highest BCUT2D eigenvalue weighted by molar-refractivity contribution is 5.86. The van der Waals surface area contributed by atoms with Crippen LogP contribution in [0.4, 0.5) is 25.0 Å². The Hall–Kier alpha value is -3.41. The maximum absolute atomic E-state index is 14.1. The van der Waals surface area contributed by atoms with Crippen molar-refractivity contribution < 1.29 is 18.3 Å². The van der Waals surface area contributed by atoms with Crippen LogP contribution in [0.3, 0.4) is 0 Å². The van der Waals surface area contributed by atoms with Gasteiger partial charge < -0.3 is 9.64 Å². The zero-order valence-electron chi connectivity index (χ0n) is 19.2. The van der Waals surface area contributed by atoms with Crippen LogP contribution in [-0.2, 0) is 4.74 Å². The van der Waals surface area contributed by atoms with E-state index < -0.39 is 6.09 Å². The second-order valence-corrected chi connectivity index (χ2v) is 9.04. The molecule has 6 heteroatoms. The van der Waals surface area contributed by atoms with E-state index in [2.05, 4.69) is 10.2 Å². The van der Waals surface area contributed by atoms with E-state index in [1.54, 1.807) is 24.3 Å². The van der Waals surface area contributed by atoms with E-state index in [1.807, 2.05) is 31.2 Å². The normalized spacial score (nSPS) is 18.9. The summed E-state index contributed by atoms with van der Waals surface area (Å²) in [5.41, 5.74) is 5.71. The minimum Gasteiger partial charge on any atom is -0.449 e. The van der Waals surface area contributed by atoms with Crippen molar-refractivity contribution in [1.82, 2.24) is 0 Å². The molecule has 0 saturated carbocycles.